The van der Waals surface area contributed by atoms with Gasteiger partial charge in [0.05, 0.1) is 5.75 Å². The van der Waals surface area contributed by atoms with E-state index in [1.165, 1.54) is 37.0 Å². The number of aromatic nitrogens is 5. The van der Waals surface area contributed by atoms with Gasteiger partial charge in [0.15, 0.2) is 11.0 Å². The Morgan fingerprint density at radius 1 is 1.27 bits per heavy atom. The van der Waals surface area contributed by atoms with Crippen molar-refractivity contribution in [2.45, 2.75) is 68.8 Å². The minimum atomic E-state index is 0.505. The number of thioether (sulfide) groups is 1. The molecule has 0 unspecified atom stereocenters. The second-order valence-electron chi connectivity index (χ2n) is 6.56. The van der Waals surface area contributed by atoms with Gasteiger partial charge in [-0.2, -0.15) is 4.98 Å². The fourth-order valence-corrected chi connectivity index (χ4v) is 4.98. The topological polar surface area (TPSA) is 69.6 Å². The SMILES string of the molecule is CCc1noc(CSc2nnc(Cc3cccs3)n2C2CCCCC2)n1. The molecule has 0 bridgehead atoms. The van der Waals surface area contributed by atoms with Crippen LogP contribution in [-0.4, -0.2) is 24.9 Å². The molecule has 3 aromatic heterocycles. The lowest BCUT2D eigenvalue weighted by Gasteiger charge is -2.25. The molecule has 0 atom stereocenters. The van der Waals surface area contributed by atoms with Gasteiger partial charge in [-0.15, -0.1) is 21.5 Å². The van der Waals surface area contributed by atoms with Crippen LogP contribution in [0.4, 0.5) is 0 Å². The van der Waals surface area contributed by atoms with Gasteiger partial charge in [0.2, 0.25) is 5.89 Å². The predicted octanol–water partition coefficient (Wildman–Crippen LogP) is 4.67. The van der Waals surface area contributed by atoms with Gasteiger partial charge in [-0.3, -0.25) is 0 Å². The predicted molar refractivity (Wildman–Crippen MR) is 103 cm³/mol. The maximum Gasteiger partial charge on any atom is 0.237 e. The van der Waals surface area contributed by atoms with Crippen molar-refractivity contribution in [1.29, 1.82) is 0 Å². The van der Waals surface area contributed by atoms with E-state index in [2.05, 4.69) is 42.4 Å². The minimum absolute atomic E-state index is 0.505. The molecule has 0 saturated heterocycles. The first-order valence-corrected chi connectivity index (χ1v) is 11.1. The number of hydrogen-bond acceptors (Lipinski definition) is 7. The smallest absolute Gasteiger partial charge is 0.237 e. The fourth-order valence-electron chi connectivity index (χ4n) is 3.42. The highest BCUT2D eigenvalue weighted by Gasteiger charge is 2.23. The number of hydrogen-bond donors (Lipinski definition) is 0. The Morgan fingerprint density at radius 3 is 2.88 bits per heavy atom. The van der Waals surface area contributed by atoms with Crippen molar-refractivity contribution in [2.75, 3.05) is 0 Å². The van der Waals surface area contributed by atoms with Gasteiger partial charge in [-0.05, 0) is 24.3 Å². The lowest BCUT2D eigenvalue weighted by Crippen LogP contribution is -2.16. The van der Waals surface area contributed by atoms with Crippen LogP contribution >= 0.6 is 23.1 Å². The average molecular weight is 390 g/mol. The highest BCUT2D eigenvalue weighted by Crippen LogP contribution is 2.34. The van der Waals surface area contributed by atoms with Crippen LogP contribution in [0.1, 0.15) is 67.5 Å². The van der Waals surface area contributed by atoms with Gasteiger partial charge in [0, 0.05) is 23.8 Å². The first-order valence-electron chi connectivity index (χ1n) is 9.24. The molecule has 4 rings (SSSR count). The summed E-state index contributed by atoms with van der Waals surface area (Å²) in [6.07, 6.45) is 7.97. The molecule has 0 amide bonds. The maximum absolute atomic E-state index is 5.32. The summed E-state index contributed by atoms with van der Waals surface area (Å²) in [5.74, 6) is 3.12. The largest absolute Gasteiger partial charge is 0.338 e. The summed E-state index contributed by atoms with van der Waals surface area (Å²) in [6, 6.07) is 4.77. The van der Waals surface area contributed by atoms with E-state index in [0.717, 1.165) is 29.6 Å². The Bertz CT molecular complexity index is 821. The first kappa shape index (κ1) is 17.7. The minimum Gasteiger partial charge on any atom is -0.338 e. The molecule has 138 valence electrons. The second kappa shape index (κ2) is 8.35. The Morgan fingerprint density at radius 2 is 2.15 bits per heavy atom. The van der Waals surface area contributed by atoms with Crippen LogP contribution in [0.3, 0.4) is 0 Å². The van der Waals surface area contributed by atoms with Gasteiger partial charge in [0.1, 0.15) is 5.82 Å². The molecule has 1 fully saturated rings. The van der Waals surface area contributed by atoms with Crippen molar-refractivity contribution >= 4 is 23.1 Å². The highest BCUT2D eigenvalue weighted by molar-refractivity contribution is 7.98. The Balaban J connectivity index is 1.55. The molecule has 3 aromatic rings. The second-order valence-corrected chi connectivity index (χ2v) is 8.54. The van der Waals surface area contributed by atoms with Crippen molar-refractivity contribution in [3.63, 3.8) is 0 Å². The number of rotatable bonds is 7. The third-order valence-corrected chi connectivity index (χ3v) is 6.54. The van der Waals surface area contributed by atoms with Crippen LogP contribution in [0.15, 0.2) is 27.2 Å². The maximum atomic E-state index is 5.32. The summed E-state index contributed by atoms with van der Waals surface area (Å²) in [5.41, 5.74) is 0. The lowest BCUT2D eigenvalue weighted by atomic mass is 9.95. The van der Waals surface area contributed by atoms with Gasteiger partial charge in [-0.25, -0.2) is 0 Å². The summed E-state index contributed by atoms with van der Waals surface area (Å²) in [4.78, 5) is 5.73. The van der Waals surface area contributed by atoms with Crippen molar-refractivity contribution < 1.29 is 4.52 Å². The van der Waals surface area contributed by atoms with Crippen molar-refractivity contribution in [3.8, 4) is 0 Å². The van der Waals surface area contributed by atoms with Crippen molar-refractivity contribution in [2.24, 2.45) is 0 Å². The molecule has 3 heterocycles. The standard InChI is InChI=1S/C18H23N5OS2/c1-2-15-19-17(24-22-15)12-26-18-21-20-16(11-14-9-6-10-25-14)23(18)13-7-4-3-5-8-13/h6,9-10,13H,2-5,7-8,11-12H2,1H3. The molecular weight excluding hydrogens is 366 g/mol. The monoisotopic (exact) mass is 389 g/mol. The zero-order valence-electron chi connectivity index (χ0n) is 14.9. The third-order valence-electron chi connectivity index (χ3n) is 4.74. The molecule has 1 saturated carbocycles. The first-order chi connectivity index (χ1) is 12.8. The van der Waals surface area contributed by atoms with Crippen LogP contribution in [-0.2, 0) is 18.6 Å². The lowest BCUT2D eigenvalue weighted by molar-refractivity contribution is 0.330. The highest BCUT2D eigenvalue weighted by atomic mass is 32.2. The summed E-state index contributed by atoms with van der Waals surface area (Å²) < 4.78 is 7.69. The Labute approximate surface area is 161 Å². The molecule has 0 aromatic carbocycles. The van der Waals surface area contributed by atoms with E-state index < -0.39 is 0 Å². The van der Waals surface area contributed by atoms with E-state index in [-0.39, 0.29) is 0 Å². The molecule has 0 N–H and O–H groups in total. The molecule has 1 aliphatic carbocycles. The molecule has 26 heavy (non-hydrogen) atoms. The van der Waals surface area contributed by atoms with E-state index >= 15 is 0 Å². The van der Waals surface area contributed by atoms with Gasteiger partial charge < -0.3 is 9.09 Å². The van der Waals surface area contributed by atoms with Crippen LogP contribution in [0.5, 0.6) is 0 Å². The van der Waals surface area contributed by atoms with E-state index in [0.29, 0.717) is 17.7 Å². The zero-order valence-corrected chi connectivity index (χ0v) is 16.6. The van der Waals surface area contributed by atoms with Gasteiger partial charge in [-0.1, -0.05) is 49.2 Å². The van der Waals surface area contributed by atoms with Crippen LogP contribution in [0.25, 0.3) is 0 Å². The fraction of sp³-hybridized carbons (Fsp3) is 0.556. The van der Waals surface area contributed by atoms with E-state index in [1.54, 1.807) is 23.1 Å². The average Bonchev–Trinajstić information content (AvgIpc) is 3.42. The van der Waals surface area contributed by atoms with Gasteiger partial charge >= 0.3 is 0 Å². The Kier molecular flexibility index (Phi) is 5.69. The zero-order chi connectivity index (χ0) is 17.8. The quantitative estimate of drug-likeness (QED) is 0.547. The van der Waals surface area contributed by atoms with Crippen molar-refractivity contribution in [1.82, 2.24) is 24.9 Å². The number of thiophene rings is 1. The van der Waals surface area contributed by atoms with Crippen LogP contribution < -0.4 is 0 Å². The summed E-state index contributed by atoms with van der Waals surface area (Å²) in [6.45, 7) is 2.03. The Hall–Kier alpha value is -1.67. The summed E-state index contributed by atoms with van der Waals surface area (Å²) in [7, 11) is 0. The van der Waals surface area contributed by atoms with Crippen molar-refractivity contribution in [3.05, 3.63) is 39.9 Å². The van der Waals surface area contributed by atoms with Crippen LogP contribution in [0.2, 0.25) is 0 Å². The molecule has 0 radical (unpaired) electrons. The third kappa shape index (κ3) is 4.01. The molecule has 6 nitrogen and oxygen atoms in total. The van der Waals surface area contributed by atoms with E-state index in [1.807, 2.05) is 6.92 Å². The normalized spacial score (nSPS) is 15.6. The summed E-state index contributed by atoms with van der Waals surface area (Å²) in [5, 5.41) is 16.1. The number of aryl methyl sites for hydroxylation is 1. The van der Waals surface area contributed by atoms with E-state index in [4.69, 9.17) is 4.52 Å². The number of nitrogens with zero attached hydrogens (tertiary/aromatic N) is 5. The van der Waals surface area contributed by atoms with Gasteiger partial charge in [0.25, 0.3) is 0 Å². The molecule has 1 aliphatic rings. The molecule has 0 aliphatic heterocycles. The summed E-state index contributed by atoms with van der Waals surface area (Å²) >= 11 is 3.42. The molecule has 0 spiro atoms. The van der Waals surface area contributed by atoms with E-state index in [9.17, 15) is 0 Å². The van der Waals surface area contributed by atoms with Crippen LogP contribution in [0, 0.1) is 0 Å². The molecular formula is C18H23N5OS2. The molecule has 8 heteroatoms.